The van der Waals surface area contributed by atoms with Gasteiger partial charge in [0.05, 0.1) is 12.7 Å². The van der Waals surface area contributed by atoms with E-state index in [9.17, 15) is 0 Å². The van der Waals surface area contributed by atoms with Crippen molar-refractivity contribution >= 4 is 11.8 Å². The van der Waals surface area contributed by atoms with Crippen LogP contribution in [0.4, 0.5) is 0 Å². The number of hydrogen-bond acceptors (Lipinski definition) is 4. The molecule has 0 aromatic carbocycles. The largest absolute Gasteiger partial charge is 0.394 e. The third-order valence-electron chi connectivity index (χ3n) is 2.57. The van der Waals surface area contributed by atoms with Gasteiger partial charge < -0.3 is 15.5 Å². The van der Waals surface area contributed by atoms with Crippen LogP contribution in [-0.2, 0) is 0 Å². The van der Waals surface area contributed by atoms with Gasteiger partial charge in [-0.15, -0.1) is 0 Å². The quantitative estimate of drug-likeness (QED) is 0.601. The number of aliphatic hydroxyl groups is 2. The molecule has 3 atom stereocenters. The molecule has 0 aromatic heterocycles. The van der Waals surface area contributed by atoms with Crippen molar-refractivity contribution in [1.29, 1.82) is 0 Å². The Kier molecular flexibility index (Phi) is 5.09. The van der Waals surface area contributed by atoms with Crippen molar-refractivity contribution in [2.45, 2.75) is 36.7 Å². The van der Waals surface area contributed by atoms with E-state index in [1.54, 1.807) is 0 Å². The van der Waals surface area contributed by atoms with Gasteiger partial charge in [-0.05, 0) is 25.5 Å². The molecule has 0 amide bonds. The number of nitrogens with one attached hydrogen (secondary N) is 1. The molecular weight excluding hydrogens is 186 g/mol. The molecule has 0 saturated heterocycles. The van der Waals surface area contributed by atoms with E-state index in [-0.39, 0.29) is 6.61 Å². The van der Waals surface area contributed by atoms with Crippen LogP contribution in [0.3, 0.4) is 0 Å². The zero-order valence-corrected chi connectivity index (χ0v) is 8.89. The second-order valence-electron chi connectivity index (χ2n) is 3.61. The van der Waals surface area contributed by atoms with Crippen LogP contribution < -0.4 is 5.32 Å². The summed E-state index contributed by atoms with van der Waals surface area (Å²) < 4.78 is 0. The summed E-state index contributed by atoms with van der Waals surface area (Å²) in [7, 11) is 0. The number of aliphatic hydroxyl groups excluding tert-OH is 2. The molecule has 0 heterocycles. The fourth-order valence-corrected chi connectivity index (χ4v) is 2.50. The van der Waals surface area contributed by atoms with Gasteiger partial charge in [0.2, 0.25) is 0 Å². The Bertz CT molecular complexity index is 146. The third-order valence-corrected chi connectivity index (χ3v) is 3.67. The third kappa shape index (κ3) is 3.85. The molecule has 3 nitrogen and oxygen atoms in total. The fourth-order valence-electron chi connectivity index (χ4n) is 1.71. The van der Waals surface area contributed by atoms with E-state index in [1.807, 2.05) is 11.8 Å². The first-order valence-electron chi connectivity index (χ1n) is 4.81. The van der Waals surface area contributed by atoms with E-state index in [0.717, 1.165) is 5.25 Å². The van der Waals surface area contributed by atoms with Crippen LogP contribution in [-0.4, -0.2) is 47.0 Å². The summed E-state index contributed by atoms with van der Waals surface area (Å²) in [6, 6.07) is 0.540. The molecular formula is C9H19NO2S. The van der Waals surface area contributed by atoms with Crippen LogP contribution in [0.5, 0.6) is 0 Å². The van der Waals surface area contributed by atoms with Gasteiger partial charge in [0.1, 0.15) is 0 Å². The summed E-state index contributed by atoms with van der Waals surface area (Å²) in [6.45, 7) is 0.369. The predicted octanol–water partition coefficient (Wildman–Crippen LogP) is 0.213. The van der Waals surface area contributed by atoms with Crippen LogP contribution >= 0.6 is 11.8 Å². The number of hydrogen-bond donors (Lipinski definition) is 3. The molecule has 1 fully saturated rings. The van der Waals surface area contributed by atoms with Gasteiger partial charge in [-0.1, -0.05) is 0 Å². The average Bonchev–Trinajstić information content (AvgIpc) is 2.61. The lowest BCUT2D eigenvalue weighted by molar-refractivity contribution is 0.0920. The second kappa shape index (κ2) is 5.86. The molecule has 0 aliphatic heterocycles. The molecule has 4 heteroatoms. The summed E-state index contributed by atoms with van der Waals surface area (Å²) in [6.07, 6.45) is 5.21. The van der Waals surface area contributed by atoms with Gasteiger partial charge in [0, 0.05) is 17.8 Å². The highest BCUT2D eigenvalue weighted by Crippen LogP contribution is 2.27. The molecule has 0 bridgehead atoms. The van der Waals surface area contributed by atoms with Crippen LogP contribution in [0.15, 0.2) is 0 Å². The lowest BCUT2D eigenvalue weighted by atomic mass is 10.2. The first-order valence-corrected chi connectivity index (χ1v) is 6.10. The van der Waals surface area contributed by atoms with Gasteiger partial charge in [-0.3, -0.25) is 0 Å². The normalized spacial score (nSPS) is 30.7. The zero-order chi connectivity index (χ0) is 9.68. The first kappa shape index (κ1) is 11.3. The highest BCUT2D eigenvalue weighted by Gasteiger charge is 2.23. The standard InChI is InChI=1S/C9H19NO2S/c1-13-9-3-2-7(4-9)10-5-8(12)6-11/h7-12H,2-6H2,1H3. The lowest BCUT2D eigenvalue weighted by Crippen LogP contribution is -2.35. The summed E-state index contributed by atoms with van der Waals surface area (Å²) >= 11 is 1.92. The van der Waals surface area contributed by atoms with Crippen molar-refractivity contribution in [2.75, 3.05) is 19.4 Å². The van der Waals surface area contributed by atoms with Crippen molar-refractivity contribution in [3.63, 3.8) is 0 Å². The Morgan fingerprint density at radius 1 is 1.54 bits per heavy atom. The minimum atomic E-state index is -0.603. The van der Waals surface area contributed by atoms with Crippen molar-refractivity contribution in [3.8, 4) is 0 Å². The van der Waals surface area contributed by atoms with E-state index in [0.29, 0.717) is 12.6 Å². The Hall–Kier alpha value is 0.230. The van der Waals surface area contributed by atoms with Crippen LogP contribution in [0.2, 0.25) is 0 Å². The minimum absolute atomic E-state index is 0.147. The fraction of sp³-hybridized carbons (Fsp3) is 1.00. The molecule has 1 aliphatic carbocycles. The van der Waals surface area contributed by atoms with Gasteiger partial charge in [0.15, 0.2) is 0 Å². The SMILES string of the molecule is CSC1CCC(NCC(O)CO)C1. The van der Waals surface area contributed by atoms with Gasteiger partial charge >= 0.3 is 0 Å². The molecule has 13 heavy (non-hydrogen) atoms. The van der Waals surface area contributed by atoms with Crippen molar-refractivity contribution < 1.29 is 10.2 Å². The van der Waals surface area contributed by atoms with Crippen molar-refractivity contribution in [1.82, 2.24) is 5.32 Å². The Morgan fingerprint density at radius 2 is 2.31 bits per heavy atom. The predicted molar refractivity (Wildman–Crippen MR) is 56.0 cm³/mol. The Labute approximate surface area is 83.9 Å². The molecule has 1 saturated carbocycles. The van der Waals surface area contributed by atoms with E-state index < -0.39 is 6.10 Å². The van der Waals surface area contributed by atoms with Gasteiger partial charge in [-0.25, -0.2) is 0 Å². The van der Waals surface area contributed by atoms with E-state index >= 15 is 0 Å². The summed E-state index contributed by atoms with van der Waals surface area (Å²) in [5, 5.41) is 21.8. The summed E-state index contributed by atoms with van der Waals surface area (Å²) in [5.41, 5.74) is 0. The number of rotatable bonds is 5. The summed E-state index contributed by atoms with van der Waals surface area (Å²) in [4.78, 5) is 0. The van der Waals surface area contributed by atoms with E-state index in [4.69, 9.17) is 10.2 Å². The van der Waals surface area contributed by atoms with Crippen LogP contribution in [0.25, 0.3) is 0 Å². The topological polar surface area (TPSA) is 52.5 Å². The molecule has 1 rings (SSSR count). The first-order chi connectivity index (χ1) is 6.26. The molecule has 0 aromatic rings. The van der Waals surface area contributed by atoms with E-state index in [2.05, 4.69) is 11.6 Å². The maximum Gasteiger partial charge on any atom is 0.0895 e. The lowest BCUT2D eigenvalue weighted by Gasteiger charge is -2.14. The van der Waals surface area contributed by atoms with Crippen molar-refractivity contribution in [2.24, 2.45) is 0 Å². The highest BCUT2D eigenvalue weighted by atomic mass is 32.2. The van der Waals surface area contributed by atoms with Crippen LogP contribution in [0, 0.1) is 0 Å². The number of thioether (sulfide) groups is 1. The maximum atomic E-state index is 9.12. The zero-order valence-electron chi connectivity index (χ0n) is 8.07. The maximum absolute atomic E-state index is 9.12. The summed E-state index contributed by atoms with van der Waals surface area (Å²) in [5.74, 6) is 0. The minimum Gasteiger partial charge on any atom is -0.394 e. The van der Waals surface area contributed by atoms with Crippen LogP contribution in [0.1, 0.15) is 19.3 Å². The van der Waals surface area contributed by atoms with Crippen molar-refractivity contribution in [3.05, 3.63) is 0 Å². The monoisotopic (exact) mass is 205 g/mol. The Morgan fingerprint density at radius 3 is 2.85 bits per heavy atom. The van der Waals surface area contributed by atoms with E-state index in [1.165, 1.54) is 19.3 Å². The molecule has 78 valence electrons. The molecule has 3 N–H and O–H groups in total. The highest BCUT2D eigenvalue weighted by molar-refractivity contribution is 7.99. The van der Waals surface area contributed by atoms with Gasteiger partial charge in [0.25, 0.3) is 0 Å². The molecule has 3 unspecified atom stereocenters. The second-order valence-corrected chi connectivity index (χ2v) is 4.75. The smallest absolute Gasteiger partial charge is 0.0895 e. The Balaban J connectivity index is 2.10. The molecule has 0 spiro atoms. The molecule has 1 aliphatic rings. The average molecular weight is 205 g/mol. The molecule has 0 radical (unpaired) electrons. The van der Waals surface area contributed by atoms with Gasteiger partial charge in [-0.2, -0.15) is 11.8 Å².